The summed E-state index contributed by atoms with van der Waals surface area (Å²) in [5, 5.41) is 35.9. The summed E-state index contributed by atoms with van der Waals surface area (Å²) < 4.78 is 5.90. The molecule has 5 atom stereocenters. The number of rotatable bonds is 10. The van der Waals surface area contributed by atoms with Crippen LogP contribution in [0.3, 0.4) is 0 Å². The number of aryl methyl sites for hydroxylation is 1. The Morgan fingerprint density at radius 1 is 1.10 bits per heavy atom. The number of aromatic hydroxyl groups is 1. The summed E-state index contributed by atoms with van der Waals surface area (Å²) >= 11 is 0. The number of Topliss-reactive ketones (excluding diaryl/α,β-unsaturated/α-hetero) is 1. The van der Waals surface area contributed by atoms with E-state index in [0.717, 1.165) is 53.5 Å². The number of benzene rings is 2. The van der Waals surface area contributed by atoms with Gasteiger partial charge in [-0.3, -0.25) is 4.79 Å². The third kappa shape index (κ3) is 4.27. The first-order valence-electron chi connectivity index (χ1n) is 14.8. The molecule has 3 aliphatic carbocycles. The van der Waals surface area contributed by atoms with Gasteiger partial charge in [0.25, 0.3) is 0 Å². The third-order valence-corrected chi connectivity index (χ3v) is 10.7. The molecule has 3 aliphatic rings. The van der Waals surface area contributed by atoms with Crippen molar-refractivity contribution >= 4 is 5.78 Å². The molecule has 40 heavy (non-hydrogen) atoms. The van der Waals surface area contributed by atoms with E-state index in [4.69, 9.17) is 4.74 Å². The summed E-state index contributed by atoms with van der Waals surface area (Å²) in [6.07, 6.45) is 6.68. The van der Waals surface area contributed by atoms with Crippen molar-refractivity contribution < 1.29 is 24.9 Å². The van der Waals surface area contributed by atoms with Gasteiger partial charge in [-0.15, -0.1) is 0 Å². The van der Waals surface area contributed by atoms with Gasteiger partial charge in [0.2, 0.25) is 0 Å². The number of phenolic OH excluding ortho intramolecular Hbond substituents is 1. The van der Waals surface area contributed by atoms with E-state index < -0.39 is 22.5 Å². The van der Waals surface area contributed by atoms with Crippen LogP contribution in [0.4, 0.5) is 0 Å². The molecule has 0 aromatic heterocycles. The molecule has 3 fully saturated rings. The number of ether oxygens (including phenoxy) is 1. The fourth-order valence-corrected chi connectivity index (χ4v) is 8.83. The van der Waals surface area contributed by atoms with Gasteiger partial charge in [-0.25, -0.2) is 0 Å². The Balaban J connectivity index is 1.46. The lowest BCUT2D eigenvalue weighted by Crippen LogP contribution is -2.58. The predicted molar refractivity (Wildman–Crippen MR) is 157 cm³/mol. The Hall–Kier alpha value is -2.51. The normalized spacial score (nSPS) is 32.1. The molecule has 5 rings (SSSR count). The van der Waals surface area contributed by atoms with E-state index in [1.807, 2.05) is 25.2 Å². The molecular formula is C34H45NO5. The maximum atomic E-state index is 14.6. The summed E-state index contributed by atoms with van der Waals surface area (Å²) in [4.78, 5) is 14.6. The van der Waals surface area contributed by atoms with Gasteiger partial charge in [-0.1, -0.05) is 62.6 Å². The van der Waals surface area contributed by atoms with Gasteiger partial charge in [0, 0.05) is 38.0 Å². The van der Waals surface area contributed by atoms with Crippen LogP contribution in [0, 0.1) is 28.6 Å². The van der Waals surface area contributed by atoms with Crippen LogP contribution in [0.1, 0.15) is 63.0 Å². The van der Waals surface area contributed by atoms with E-state index >= 15 is 0 Å². The molecule has 0 saturated heterocycles. The summed E-state index contributed by atoms with van der Waals surface area (Å²) in [6, 6.07) is 13.7. The minimum atomic E-state index is -1.67. The number of aliphatic hydroxyl groups excluding tert-OH is 1. The second kappa shape index (κ2) is 11.1. The van der Waals surface area contributed by atoms with Crippen molar-refractivity contribution in [3.8, 4) is 16.9 Å². The maximum Gasteiger partial charge on any atom is 0.185 e. The highest BCUT2D eigenvalue weighted by atomic mass is 16.6. The summed E-state index contributed by atoms with van der Waals surface area (Å²) in [7, 11) is 3.37. The van der Waals surface area contributed by atoms with E-state index in [-0.39, 0.29) is 36.4 Å². The SMILES string of the molecule is C=C1[C@H]2[C@H](CO)C[C@@](C(=O)CCc3cccc(-c4cc(O)cc(CNC)c4)c3)([C@]1(C)C1CCCCC1)[C@@]2(O)OC. The standard InChI is InChI=1S/C34H45NO5/c1-22-31-27(21-36)19-33(34(31,39)40-4,32(22,2)28-11-6-5-7-12-28)30(38)14-13-23-9-8-10-25(15-23)26-16-24(20-35-3)17-29(37)18-26/h8-10,15-18,27-28,31,35-37,39H,1,5-7,11-14,19-21H2,2-4H3/t27-,31-,32-,33+,34-/m0/s1. The number of carbonyl (C=O) groups excluding carboxylic acids is 1. The molecule has 0 spiro atoms. The quantitative estimate of drug-likeness (QED) is 0.235. The lowest BCUT2D eigenvalue weighted by Gasteiger charge is -2.53. The monoisotopic (exact) mass is 547 g/mol. The molecule has 6 heteroatoms. The van der Waals surface area contributed by atoms with Crippen molar-refractivity contribution in [3.05, 3.63) is 65.7 Å². The predicted octanol–water partition coefficient (Wildman–Crippen LogP) is 5.39. The van der Waals surface area contributed by atoms with Crippen LogP contribution in [0.2, 0.25) is 0 Å². The molecule has 3 saturated carbocycles. The van der Waals surface area contributed by atoms with Crippen LogP contribution in [0.5, 0.6) is 5.75 Å². The number of ketones is 1. The van der Waals surface area contributed by atoms with Gasteiger partial charge in [-0.05, 0) is 85.0 Å². The molecule has 0 amide bonds. The maximum absolute atomic E-state index is 14.6. The fraction of sp³-hybridized carbons (Fsp3) is 0.559. The van der Waals surface area contributed by atoms with Crippen molar-refractivity contribution in [2.75, 3.05) is 20.8 Å². The minimum Gasteiger partial charge on any atom is -0.508 e. The number of hydrogen-bond donors (Lipinski definition) is 4. The van der Waals surface area contributed by atoms with Crippen molar-refractivity contribution in [2.24, 2.45) is 28.6 Å². The zero-order valence-electron chi connectivity index (χ0n) is 24.2. The van der Waals surface area contributed by atoms with Crippen LogP contribution in [0.25, 0.3) is 11.1 Å². The van der Waals surface area contributed by atoms with Crippen LogP contribution in [-0.4, -0.2) is 47.7 Å². The first-order chi connectivity index (χ1) is 19.2. The molecule has 4 N–H and O–H groups in total. The van der Waals surface area contributed by atoms with E-state index in [1.54, 1.807) is 12.1 Å². The Morgan fingerprint density at radius 2 is 1.82 bits per heavy atom. The number of phenols is 1. The number of nitrogens with one attached hydrogen (secondary N) is 1. The first kappa shape index (κ1) is 29.0. The molecule has 2 aromatic rings. The molecule has 0 radical (unpaired) electrons. The average molecular weight is 548 g/mol. The number of fused-ring (bicyclic) bond motifs is 2. The summed E-state index contributed by atoms with van der Waals surface area (Å²) in [5.74, 6) is -1.90. The zero-order chi connectivity index (χ0) is 28.7. The van der Waals surface area contributed by atoms with Crippen LogP contribution in [0.15, 0.2) is 54.6 Å². The Kier molecular flexibility index (Phi) is 8.01. The average Bonchev–Trinajstić information content (AvgIpc) is 3.32. The smallest absolute Gasteiger partial charge is 0.185 e. The lowest BCUT2D eigenvalue weighted by molar-refractivity contribution is -0.259. The van der Waals surface area contributed by atoms with Crippen LogP contribution < -0.4 is 5.32 Å². The van der Waals surface area contributed by atoms with Gasteiger partial charge in [0.15, 0.2) is 5.79 Å². The van der Waals surface area contributed by atoms with E-state index in [9.17, 15) is 20.1 Å². The fourth-order valence-electron chi connectivity index (χ4n) is 8.83. The first-order valence-corrected chi connectivity index (χ1v) is 14.8. The summed E-state index contributed by atoms with van der Waals surface area (Å²) in [5.41, 5.74) is 3.07. The molecular weight excluding hydrogens is 502 g/mol. The molecule has 2 aromatic carbocycles. The molecule has 0 aliphatic heterocycles. The van der Waals surface area contributed by atoms with Crippen molar-refractivity contribution in [1.29, 1.82) is 0 Å². The number of methoxy groups -OCH3 is 1. The Bertz CT molecular complexity index is 1270. The highest BCUT2D eigenvalue weighted by Crippen LogP contribution is 2.76. The molecule has 6 nitrogen and oxygen atoms in total. The van der Waals surface area contributed by atoms with Gasteiger partial charge < -0.3 is 25.4 Å². The van der Waals surface area contributed by atoms with Crippen molar-refractivity contribution in [3.63, 3.8) is 0 Å². The second-order valence-corrected chi connectivity index (χ2v) is 12.5. The third-order valence-electron chi connectivity index (χ3n) is 10.7. The van der Waals surface area contributed by atoms with Gasteiger partial charge in [0.05, 0.1) is 5.41 Å². The lowest BCUT2D eigenvalue weighted by atomic mass is 9.50. The molecule has 2 bridgehead atoms. The highest BCUT2D eigenvalue weighted by Gasteiger charge is 2.81. The topological polar surface area (TPSA) is 99.0 Å². The molecule has 0 heterocycles. The van der Waals surface area contributed by atoms with Gasteiger partial charge >= 0.3 is 0 Å². The zero-order valence-corrected chi connectivity index (χ0v) is 24.2. The second-order valence-electron chi connectivity index (χ2n) is 12.5. The Labute approximate surface area is 238 Å². The Morgan fingerprint density at radius 3 is 2.50 bits per heavy atom. The van der Waals surface area contributed by atoms with E-state index in [1.165, 1.54) is 13.5 Å². The van der Waals surface area contributed by atoms with Gasteiger partial charge in [-0.2, -0.15) is 0 Å². The van der Waals surface area contributed by atoms with Crippen LogP contribution in [-0.2, 0) is 22.5 Å². The molecule has 0 unspecified atom stereocenters. The number of aliphatic hydroxyl groups is 2. The van der Waals surface area contributed by atoms with E-state index in [2.05, 4.69) is 31.0 Å². The van der Waals surface area contributed by atoms with E-state index in [0.29, 0.717) is 19.4 Å². The number of hydrogen-bond acceptors (Lipinski definition) is 6. The molecule has 216 valence electrons. The number of carbonyl (C=O) groups is 1. The van der Waals surface area contributed by atoms with Crippen LogP contribution >= 0.6 is 0 Å². The largest absolute Gasteiger partial charge is 0.508 e. The van der Waals surface area contributed by atoms with Crippen molar-refractivity contribution in [2.45, 2.75) is 70.6 Å². The summed E-state index contributed by atoms with van der Waals surface area (Å²) in [6.45, 7) is 7.19. The minimum absolute atomic E-state index is 0.00332. The van der Waals surface area contributed by atoms with Crippen molar-refractivity contribution in [1.82, 2.24) is 5.32 Å². The van der Waals surface area contributed by atoms with Gasteiger partial charge in [0.1, 0.15) is 11.5 Å². The highest BCUT2D eigenvalue weighted by molar-refractivity contribution is 5.90.